The minimum atomic E-state index is -0.357. The highest BCUT2D eigenvalue weighted by molar-refractivity contribution is 5.66. The van der Waals surface area contributed by atoms with E-state index in [9.17, 15) is 4.79 Å². The van der Waals surface area contributed by atoms with E-state index in [4.69, 9.17) is 4.74 Å². The van der Waals surface area contributed by atoms with Crippen molar-refractivity contribution in [2.45, 2.75) is 13.5 Å². The highest BCUT2D eigenvalue weighted by Gasteiger charge is 1.97. The molecule has 0 radical (unpaired) electrons. The summed E-state index contributed by atoms with van der Waals surface area (Å²) in [6, 6.07) is 10.1. The van der Waals surface area contributed by atoms with Crippen LogP contribution in [0.5, 0.6) is 0 Å². The van der Waals surface area contributed by atoms with Crippen molar-refractivity contribution in [3.05, 3.63) is 35.9 Å². The van der Waals surface area contributed by atoms with Crippen molar-refractivity contribution in [3.63, 3.8) is 0 Å². The number of carbonyl (C=O) groups excluding carboxylic acids is 1. The number of rotatable bonds is 6. The zero-order valence-electron chi connectivity index (χ0n) is 9.53. The van der Waals surface area contributed by atoms with Crippen LogP contribution < -0.4 is 10.6 Å². The molecule has 1 aromatic rings. The van der Waals surface area contributed by atoms with Gasteiger partial charge < -0.3 is 15.4 Å². The standard InChI is InChI=1S/C12H18N2O2/c1-2-16-12(15)14-9-8-13-10-11-6-4-3-5-7-11/h3-7,13H,2,8-10H2,1H3,(H,14,15). The lowest BCUT2D eigenvalue weighted by atomic mass is 10.2. The van der Waals surface area contributed by atoms with Crippen molar-refractivity contribution in [2.75, 3.05) is 19.7 Å². The van der Waals surface area contributed by atoms with E-state index in [1.54, 1.807) is 6.92 Å². The van der Waals surface area contributed by atoms with Crippen LogP contribution in [-0.2, 0) is 11.3 Å². The van der Waals surface area contributed by atoms with E-state index >= 15 is 0 Å². The first-order valence-corrected chi connectivity index (χ1v) is 5.48. The summed E-state index contributed by atoms with van der Waals surface area (Å²) in [7, 11) is 0. The summed E-state index contributed by atoms with van der Waals surface area (Å²) in [5.74, 6) is 0. The van der Waals surface area contributed by atoms with Crippen molar-refractivity contribution in [1.29, 1.82) is 0 Å². The van der Waals surface area contributed by atoms with Crippen molar-refractivity contribution >= 4 is 6.09 Å². The normalized spacial score (nSPS) is 9.81. The molecule has 0 aliphatic rings. The van der Waals surface area contributed by atoms with E-state index in [0.29, 0.717) is 13.2 Å². The molecule has 0 saturated carbocycles. The van der Waals surface area contributed by atoms with E-state index in [2.05, 4.69) is 22.8 Å². The molecule has 0 spiro atoms. The third-order valence-corrected chi connectivity index (χ3v) is 2.02. The maximum absolute atomic E-state index is 10.9. The van der Waals surface area contributed by atoms with E-state index < -0.39 is 0 Å². The minimum Gasteiger partial charge on any atom is -0.450 e. The second kappa shape index (κ2) is 7.70. The Morgan fingerprint density at radius 1 is 1.25 bits per heavy atom. The summed E-state index contributed by atoms with van der Waals surface area (Å²) in [4.78, 5) is 10.9. The van der Waals surface area contributed by atoms with Crippen LogP contribution in [0.1, 0.15) is 12.5 Å². The Hall–Kier alpha value is -1.55. The fraction of sp³-hybridized carbons (Fsp3) is 0.417. The lowest BCUT2D eigenvalue weighted by Gasteiger charge is -2.06. The Morgan fingerprint density at radius 2 is 2.00 bits per heavy atom. The molecule has 16 heavy (non-hydrogen) atoms. The Labute approximate surface area is 96.0 Å². The van der Waals surface area contributed by atoms with Gasteiger partial charge in [-0.3, -0.25) is 0 Å². The lowest BCUT2D eigenvalue weighted by molar-refractivity contribution is 0.152. The van der Waals surface area contributed by atoms with E-state index in [0.717, 1.165) is 13.1 Å². The van der Waals surface area contributed by atoms with Crippen LogP contribution in [0.25, 0.3) is 0 Å². The third-order valence-electron chi connectivity index (χ3n) is 2.02. The van der Waals surface area contributed by atoms with Gasteiger partial charge in [0.25, 0.3) is 0 Å². The molecule has 4 heteroatoms. The molecule has 0 fully saturated rings. The zero-order valence-corrected chi connectivity index (χ0v) is 9.53. The summed E-state index contributed by atoms with van der Waals surface area (Å²) >= 11 is 0. The number of nitrogens with one attached hydrogen (secondary N) is 2. The third kappa shape index (κ3) is 5.36. The predicted octanol–water partition coefficient (Wildman–Crippen LogP) is 1.52. The van der Waals surface area contributed by atoms with Crippen LogP contribution in [-0.4, -0.2) is 25.8 Å². The monoisotopic (exact) mass is 222 g/mol. The molecule has 0 aromatic heterocycles. The fourth-order valence-corrected chi connectivity index (χ4v) is 1.26. The summed E-state index contributed by atoms with van der Waals surface area (Å²) in [5.41, 5.74) is 1.23. The molecule has 1 rings (SSSR count). The molecule has 0 bridgehead atoms. The number of amides is 1. The van der Waals surface area contributed by atoms with Crippen LogP contribution in [0.4, 0.5) is 4.79 Å². The Bertz CT molecular complexity index is 301. The lowest BCUT2D eigenvalue weighted by Crippen LogP contribution is -2.32. The van der Waals surface area contributed by atoms with Gasteiger partial charge in [-0.05, 0) is 12.5 Å². The van der Waals surface area contributed by atoms with Gasteiger partial charge in [-0.1, -0.05) is 30.3 Å². The van der Waals surface area contributed by atoms with E-state index in [-0.39, 0.29) is 6.09 Å². The van der Waals surface area contributed by atoms with Gasteiger partial charge in [0, 0.05) is 19.6 Å². The van der Waals surface area contributed by atoms with Crippen LogP contribution in [0.3, 0.4) is 0 Å². The van der Waals surface area contributed by atoms with Crippen LogP contribution in [0, 0.1) is 0 Å². The molecule has 1 amide bonds. The molecule has 1 aromatic carbocycles. The van der Waals surface area contributed by atoms with Gasteiger partial charge in [0.15, 0.2) is 0 Å². The number of ether oxygens (including phenoxy) is 1. The zero-order chi connectivity index (χ0) is 11.6. The number of hydrogen-bond donors (Lipinski definition) is 2. The maximum Gasteiger partial charge on any atom is 0.407 e. The molecule has 0 aliphatic heterocycles. The number of alkyl carbamates (subject to hydrolysis) is 1. The summed E-state index contributed by atoms with van der Waals surface area (Å²) < 4.78 is 4.73. The van der Waals surface area contributed by atoms with E-state index in [1.165, 1.54) is 5.56 Å². The number of benzene rings is 1. The van der Waals surface area contributed by atoms with Crippen LogP contribution in [0.2, 0.25) is 0 Å². The van der Waals surface area contributed by atoms with Gasteiger partial charge >= 0.3 is 6.09 Å². The average molecular weight is 222 g/mol. The van der Waals surface area contributed by atoms with Gasteiger partial charge in [-0.2, -0.15) is 0 Å². The number of carbonyl (C=O) groups is 1. The quantitative estimate of drug-likeness (QED) is 0.717. The second-order valence-electron chi connectivity index (χ2n) is 3.31. The van der Waals surface area contributed by atoms with Crippen LogP contribution >= 0.6 is 0 Å². The molecule has 0 saturated heterocycles. The van der Waals surface area contributed by atoms with Gasteiger partial charge in [-0.15, -0.1) is 0 Å². The van der Waals surface area contributed by atoms with Crippen molar-refractivity contribution in [3.8, 4) is 0 Å². The Balaban J connectivity index is 2.02. The topological polar surface area (TPSA) is 50.4 Å². The molecule has 0 atom stereocenters. The fourth-order valence-electron chi connectivity index (χ4n) is 1.26. The maximum atomic E-state index is 10.9. The summed E-state index contributed by atoms with van der Waals surface area (Å²) in [6.45, 7) is 4.31. The van der Waals surface area contributed by atoms with Gasteiger partial charge in [0.05, 0.1) is 6.61 Å². The van der Waals surface area contributed by atoms with Gasteiger partial charge in [0.2, 0.25) is 0 Å². The van der Waals surface area contributed by atoms with Crippen molar-refractivity contribution in [2.24, 2.45) is 0 Å². The minimum absolute atomic E-state index is 0.357. The average Bonchev–Trinajstić information content (AvgIpc) is 2.30. The Morgan fingerprint density at radius 3 is 2.69 bits per heavy atom. The van der Waals surface area contributed by atoms with E-state index in [1.807, 2.05) is 18.2 Å². The molecule has 0 unspecified atom stereocenters. The SMILES string of the molecule is CCOC(=O)NCCNCc1ccccc1. The van der Waals surface area contributed by atoms with Crippen molar-refractivity contribution in [1.82, 2.24) is 10.6 Å². The summed E-state index contributed by atoms with van der Waals surface area (Å²) in [6.07, 6.45) is -0.357. The molecule has 2 N–H and O–H groups in total. The molecule has 4 nitrogen and oxygen atoms in total. The summed E-state index contributed by atoms with van der Waals surface area (Å²) in [5, 5.41) is 5.88. The first-order valence-electron chi connectivity index (χ1n) is 5.48. The molecule has 0 aliphatic carbocycles. The molecular formula is C12H18N2O2. The van der Waals surface area contributed by atoms with Crippen molar-refractivity contribution < 1.29 is 9.53 Å². The molecule has 88 valence electrons. The first-order chi connectivity index (χ1) is 7.83. The predicted molar refractivity (Wildman–Crippen MR) is 63.2 cm³/mol. The second-order valence-corrected chi connectivity index (χ2v) is 3.31. The number of hydrogen-bond acceptors (Lipinski definition) is 3. The Kier molecular flexibility index (Phi) is 6.03. The highest BCUT2D eigenvalue weighted by atomic mass is 16.5. The first kappa shape index (κ1) is 12.5. The van der Waals surface area contributed by atoms with Gasteiger partial charge in [-0.25, -0.2) is 4.79 Å². The molecular weight excluding hydrogens is 204 g/mol. The molecule has 0 heterocycles. The highest BCUT2D eigenvalue weighted by Crippen LogP contribution is 1.96. The largest absolute Gasteiger partial charge is 0.450 e. The van der Waals surface area contributed by atoms with Crippen LogP contribution in [0.15, 0.2) is 30.3 Å². The van der Waals surface area contributed by atoms with Gasteiger partial charge in [0.1, 0.15) is 0 Å². The smallest absolute Gasteiger partial charge is 0.407 e.